The number of rotatable bonds is 4. The van der Waals surface area contributed by atoms with E-state index in [1.807, 2.05) is 0 Å². The van der Waals surface area contributed by atoms with E-state index in [1.165, 1.54) is 6.07 Å². The van der Waals surface area contributed by atoms with Crippen LogP contribution in [0, 0.1) is 0 Å². The average Bonchev–Trinajstić information content (AvgIpc) is 2.72. The van der Waals surface area contributed by atoms with Crippen molar-refractivity contribution in [1.82, 2.24) is 4.72 Å². The maximum Gasteiger partial charge on any atom is 0.240 e. The summed E-state index contributed by atoms with van der Waals surface area (Å²) in [5.41, 5.74) is -0.173. The summed E-state index contributed by atoms with van der Waals surface area (Å²) in [6, 6.07) is 4.80. The Morgan fingerprint density at radius 1 is 1.44 bits per heavy atom. The Morgan fingerprint density at radius 2 is 2.17 bits per heavy atom. The van der Waals surface area contributed by atoms with Crippen molar-refractivity contribution in [1.29, 1.82) is 0 Å². The molecule has 2 rings (SSSR count). The van der Waals surface area contributed by atoms with E-state index >= 15 is 0 Å². The van der Waals surface area contributed by atoms with Gasteiger partial charge in [-0.25, -0.2) is 13.1 Å². The van der Waals surface area contributed by atoms with Gasteiger partial charge in [0.2, 0.25) is 10.0 Å². The number of nitrogens with one attached hydrogen (secondary N) is 1. The van der Waals surface area contributed by atoms with Gasteiger partial charge in [0, 0.05) is 13.0 Å². The summed E-state index contributed by atoms with van der Waals surface area (Å²) < 4.78 is 31.7. The molecule has 0 amide bonds. The summed E-state index contributed by atoms with van der Waals surface area (Å²) in [6.07, 6.45) is 0.726. The molecule has 0 saturated heterocycles. The third-order valence-corrected chi connectivity index (χ3v) is 4.06. The van der Waals surface area contributed by atoms with Crippen LogP contribution in [-0.4, -0.2) is 32.3 Å². The van der Waals surface area contributed by atoms with Crippen LogP contribution in [-0.2, 0) is 16.4 Å². The van der Waals surface area contributed by atoms with E-state index in [0.717, 1.165) is 17.7 Å². The molecule has 0 spiro atoms. The van der Waals surface area contributed by atoms with Gasteiger partial charge in [-0.05, 0) is 37.6 Å². The molecule has 1 aliphatic heterocycles. The highest BCUT2D eigenvalue weighted by Crippen LogP contribution is 2.27. The zero-order valence-electron chi connectivity index (χ0n) is 10.4. The van der Waals surface area contributed by atoms with Crippen LogP contribution in [0.5, 0.6) is 5.75 Å². The molecule has 2 N–H and O–H groups in total. The van der Waals surface area contributed by atoms with Crippen LogP contribution in [0.15, 0.2) is 23.1 Å². The molecule has 1 heterocycles. The van der Waals surface area contributed by atoms with Crippen LogP contribution in [0.1, 0.15) is 19.4 Å². The monoisotopic (exact) mass is 271 g/mol. The zero-order chi connectivity index (χ0) is 13.4. The number of ether oxygens (including phenoxy) is 1. The van der Waals surface area contributed by atoms with Crippen molar-refractivity contribution >= 4 is 10.0 Å². The average molecular weight is 271 g/mol. The molecule has 18 heavy (non-hydrogen) atoms. The SMILES string of the molecule is CC(C)(O)CNS(=O)(=O)c1ccc2c(c1)CCO2. The number of sulfonamides is 1. The molecule has 0 unspecified atom stereocenters. The van der Waals surface area contributed by atoms with Crippen molar-refractivity contribution in [2.75, 3.05) is 13.2 Å². The van der Waals surface area contributed by atoms with E-state index in [4.69, 9.17) is 4.74 Å². The maximum absolute atomic E-state index is 12.0. The number of aliphatic hydroxyl groups is 1. The zero-order valence-corrected chi connectivity index (χ0v) is 11.3. The maximum atomic E-state index is 12.0. The molecule has 0 bridgehead atoms. The standard InChI is InChI=1S/C12H17NO4S/c1-12(2,14)8-13-18(15,16)10-3-4-11-9(7-10)5-6-17-11/h3-4,7,13-14H,5-6,8H2,1-2H3. The second-order valence-corrected chi connectivity index (χ2v) is 6.77. The highest BCUT2D eigenvalue weighted by molar-refractivity contribution is 7.89. The summed E-state index contributed by atoms with van der Waals surface area (Å²) >= 11 is 0. The Bertz CT molecular complexity index is 546. The summed E-state index contributed by atoms with van der Waals surface area (Å²) in [7, 11) is -3.58. The molecule has 1 aromatic carbocycles. The molecule has 5 nitrogen and oxygen atoms in total. The predicted molar refractivity (Wildman–Crippen MR) is 67.1 cm³/mol. The van der Waals surface area contributed by atoms with Crippen molar-refractivity contribution in [3.8, 4) is 5.75 Å². The smallest absolute Gasteiger partial charge is 0.240 e. The van der Waals surface area contributed by atoms with Crippen molar-refractivity contribution in [3.05, 3.63) is 23.8 Å². The Kier molecular flexibility index (Phi) is 3.35. The number of hydrogen-bond donors (Lipinski definition) is 2. The van der Waals surface area contributed by atoms with E-state index in [9.17, 15) is 13.5 Å². The summed E-state index contributed by atoms with van der Waals surface area (Å²) in [5.74, 6) is 0.747. The second kappa shape index (κ2) is 4.53. The van der Waals surface area contributed by atoms with Gasteiger partial charge in [-0.15, -0.1) is 0 Å². The Hall–Kier alpha value is -1.11. The fourth-order valence-corrected chi connectivity index (χ4v) is 2.94. The summed E-state index contributed by atoms with van der Waals surface area (Å²) in [6.45, 7) is 3.66. The molecular formula is C12H17NO4S. The van der Waals surface area contributed by atoms with Gasteiger partial charge in [-0.3, -0.25) is 0 Å². The summed E-state index contributed by atoms with van der Waals surface area (Å²) in [4.78, 5) is 0.205. The largest absolute Gasteiger partial charge is 0.493 e. The lowest BCUT2D eigenvalue weighted by Gasteiger charge is -2.17. The number of hydrogen-bond acceptors (Lipinski definition) is 4. The fourth-order valence-electron chi connectivity index (χ4n) is 1.69. The predicted octanol–water partition coefficient (Wildman–Crippen LogP) is 0.671. The van der Waals surface area contributed by atoms with Crippen LogP contribution < -0.4 is 9.46 Å². The summed E-state index contributed by atoms with van der Waals surface area (Å²) in [5, 5.41) is 9.54. The van der Waals surface area contributed by atoms with Gasteiger partial charge >= 0.3 is 0 Å². The van der Waals surface area contributed by atoms with E-state index in [0.29, 0.717) is 6.61 Å². The third-order valence-electron chi connectivity index (χ3n) is 2.67. The first-order chi connectivity index (χ1) is 8.28. The molecule has 0 aliphatic carbocycles. The molecule has 6 heteroatoms. The van der Waals surface area contributed by atoms with E-state index in [-0.39, 0.29) is 11.4 Å². The molecule has 1 aromatic rings. The quantitative estimate of drug-likeness (QED) is 0.844. The van der Waals surface area contributed by atoms with Crippen LogP contribution in [0.3, 0.4) is 0 Å². The highest BCUT2D eigenvalue weighted by Gasteiger charge is 2.22. The van der Waals surface area contributed by atoms with E-state index in [2.05, 4.69) is 4.72 Å². The lowest BCUT2D eigenvalue weighted by molar-refractivity contribution is 0.0857. The van der Waals surface area contributed by atoms with Crippen molar-refractivity contribution in [2.45, 2.75) is 30.8 Å². The molecule has 100 valence electrons. The molecule has 0 atom stereocenters. The van der Waals surface area contributed by atoms with Crippen LogP contribution in [0.2, 0.25) is 0 Å². The molecule has 0 fully saturated rings. The van der Waals surface area contributed by atoms with E-state index < -0.39 is 15.6 Å². The van der Waals surface area contributed by atoms with Crippen molar-refractivity contribution < 1.29 is 18.3 Å². The lowest BCUT2D eigenvalue weighted by atomic mass is 10.1. The fraction of sp³-hybridized carbons (Fsp3) is 0.500. The van der Waals surface area contributed by atoms with E-state index in [1.54, 1.807) is 26.0 Å². The van der Waals surface area contributed by atoms with Gasteiger partial charge in [0.05, 0.1) is 17.1 Å². The van der Waals surface area contributed by atoms with Crippen LogP contribution >= 0.6 is 0 Å². The Morgan fingerprint density at radius 3 is 2.83 bits per heavy atom. The lowest BCUT2D eigenvalue weighted by Crippen LogP contribution is -2.38. The minimum absolute atomic E-state index is 0.0249. The van der Waals surface area contributed by atoms with Crippen molar-refractivity contribution in [2.24, 2.45) is 0 Å². The first kappa shape index (κ1) is 13.3. The molecular weight excluding hydrogens is 254 g/mol. The minimum atomic E-state index is -3.58. The number of fused-ring (bicyclic) bond motifs is 1. The highest BCUT2D eigenvalue weighted by atomic mass is 32.2. The molecule has 0 aromatic heterocycles. The van der Waals surface area contributed by atoms with Crippen LogP contribution in [0.4, 0.5) is 0 Å². The van der Waals surface area contributed by atoms with Gasteiger partial charge < -0.3 is 9.84 Å². The second-order valence-electron chi connectivity index (χ2n) is 5.00. The van der Waals surface area contributed by atoms with Gasteiger partial charge in [0.25, 0.3) is 0 Å². The third kappa shape index (κ3) is 3.01. The minimum Gasteiger partial charge on any atom is -0.493 e. The van der Waals surface area contributed by atoms with Gasteiger partial charge in [-0.1, -0.05) is 0 Å². The molecule has 1 aliphatic rings. The first-order valence-corrected chi connectivity index (χ1v) is 7.24. The molecule has 0 radical (unpaired) electrons. The normalized spacial score (nSPS) is 15.3. The van der Waals surface area contributed by atoms with Gasteiger partial charge in [-0.2, -0.15) is 0 Å². The van der Waals surface area contributed by atoms with Gasteiger partial charge in [0.15, 0.2) is 0 Å². The Labute approximate surface area is 107 Å². The van der Waals surface area contributed by atoms with Gasteiger partial charge in [0.1, 0.15) is 5.75 Å². The molecule has 0 saturated carbocycles. The number of benzene rings is 1. The first-order valence-electron chi connectivity index (χ1n) is 5.76. The topological polar surface area (TPSA) is 75.6 Å². The van der Waals surface area contributed by atoms with Crippen LogP contribution in [0.25, 0.3) is 0 Å². The Balaban J connectivity index is 2.20. The van der Waals surface area contributed by atoms with Crippen molar-refractivity contribution in [3.63, 3.8) is 0 Å².